The van der Waals surface area contributed by atoms with Gasteiger partial charge in [0.1, 0.15) is 22.8 Å². The number of aromatic carboxylic acids is 1. The van der Waals surface area contributed by atoms with Crippen LogP contribution < -0.4 is 51.2 Å². The second-order valence-corrected chi connectivity index (χ2v) is 15.2. The first-order valence-electron chi connectivity index (χ1n) is 21.5. The first-order chi connectivity index (χ1) is 38.4. The molecular weight excluding hydrogens is 1240 g/mol. The number of hydrogen-bond donors (Lipinski definition) is 3. The second-order valence-electron chi connectivity index (χ2n) is 14.5. The van der Waals surface area contributed by atoms with Crippen molar-refractivity contribution in [1.82, 2.24) is 44.1 Å². The van der Waals surface area contributed by atoms with Gasteiger partial charge < -0.3 is 34.9 Å². The fourth-order valence-corrected chi connectivity index (χ4v) is 5.15. The van der Waals surface area contributed by atoms with Gasteiger partial charge in [-0.15, -0.1) is 20.4 Å². The number of nitrogens with one attached hydrogen (secondary N) is 2. The number of alkyl halides is 15. The normalized spacial score (nSPS) is 11.1. The van der Waals surface area contributed by atoms with Crippen molar-refractivity contribution in [3.8, 4) is 0 Å². The van der Waals surface area contributed by atoms with Crippen molar-refractivity contribution in [3.05, 3.63) is 136 Å². The average Bonchev–Trinajstić information content (AvgIpc) is 3.97. The summed E-state index contributed by atoms with van der Waals surface area (Å²) in [5, 5.41) is 25.5. The van der Waals surface area contributed by atoms with Crippen LogP contribution in [0.2, 0.25) is 5.15 Å². The Morgan fingerprint density at radius 3 is 1.27 bits per heavy atom. The molecule has 0 aliphatic heterocycles. The van der Waals surface area contributed by atoms with E-state index in [9.17, 15) is 99.7 Å². The standard InChI is InChI=1S/C11H11F3N2O3.C9H6F3N3O2.C8H4F3N3O2.C6H3ClF3N.C6H6F3N3.C4H5ClO3.Na/c1-2-19-10(18)8(17)6-16-9-4-3-7(5-15-9)11(12,13)14;1-17-8(16)7-14-13-6-3-2-5(4-15(6)7)9(10,11)12;9-8(10,11)4-1-2-5-12-13-6(7(15)16)14(5)3-4;7-5-2-1-4(3-11-5)6(8,9)10;7-6(8,9)4-1-2-5(12-10)11-3-4;1-2-8-4(7)3(5)6;/h3-5H,2,6H2,1H3,(H,15,16);2-4H,1H3;1-3H,(H,15,16);1-3H;1-3H,10H2,(H,11,12);2H2,1H3;/q;;;;;;+1/p-1. The van der Waals surface area contributed by atoms with E-state index in [-0.39, 0.29) is 76.7 Å². The van der Waals surface area contributed by atoms with Crippen LogP contribution in [-0.4, -0.2) is 106 Å². The topological polar surface area (TPSA) is 302 Å². The summed E-state index contributed by atoms with van der Waals surface area (Å²) in [5.74, 6) is -1.15. The molecule has 40 heteroatoms. The van der Waals surface area contributed by atoms with Crippen LogP contribution in [0.4, 0.5) is 77.5 Å². The minimum absolute atomic E-state index is 0. The molecule has 0 spiro atoms. The van der Waals surface area contributed by atoms with Gasteiger partial charge in [-0.1, -0.05) is 11.6 Å². The van der Waals surface area contributed by atoms with E-state index in [1.165, 1.54) is 0 Å². The van der Waals surface area contributed by atoms with Crippen LogP contribution in [0.3, 0.4) is 0 Å². The van der Waals surface area contributed by atoms with E-state index in [1.54, 1.807) is 13.8 Å². The van der Waals surface area contributed by atoms with E-state index in [0.29, 0.717) is 18.6 Å². The molecule has 0 unspecified atom stereocenters. The fourth-order valence-electron chi connectivity index (χ4n) is 4.99. The monoisotopic (exact) mass is 1270 g/mol. The van der Waals surface area contributed by atoms with Crippen molar-refractivity contribution >= 4 is 81.0 Å². The fraction of sp³-hybridized carbons (Fsp3) is 0.250. The van der Waals surface area contributed by atoms with Crippen LogP contribution in [0.15, 0.2) is 91.6 Å². The number of halogens is 17. The van der Waals surface area contributed by atoms with Crippen molar-refractivity contribution in [2.24, 2.45) is 5.84 Å². The number of hydrogen-bond acceptors (Lipinski definition) is 20. The van der Waals surface area contributed by atoms with Crippen molar-refractivity contribution in [1.29, 1.82) is 0 Å². The Kier molecular flexibility index (Phi) is 28.8. The number of carbonyl (C=O) groups excluding carboxylic acids is 6. The molecule has 7 aromatic rings. The van der Waals surface area contributed by atoms with Gasteiger partial charge in [-0.3, -0.25) is 18.4 Å². The Balaban J connectivity index is 0.000000513. The maximum atomic E-state index is 12.5. The second kappa shape index (κ2) is 32.7. The number of Topliss-reactive ketones (excluding diaryl/α,β-unsaturated/α-hetero) is 1. The number of nitrogens with two attached hydrogens (primary N) is 1. The molecule has 450 valence electrons. The SMILES string of the molecule is CCOC(=O)C(=O)CNc1ccc(C(F)(F)F)cn1.CCOC(=O)C(=O)Cl.COC(=O)c1nnc2ccc(C(F)(F)F)cn12.FC(F)(F)c1ccc(Cl)nc1.NNc1ccc(C(F)(F)F)cn1.O=C([O-])c1nnc2ccc(C(F)(F)F)cn12.[Na+]. The first-order valence-corrected chi connectivity index (χ1v) is 22.3. The molecule has 0 fully saturated rings. The number of pyridine rings is 5. The number of anilines is 2. The van der Waals surface area contributed by atoms with E-state index in [1.807, 2.05) is 0 Å². The van der Waals surface area contributed by atoms with Crippen LogP contribution >= 0.6 is 23.2 Å². The summed E-state index contributed by atoms with van der Waals surface area (Å²) in [7, 11) is 1.11. The van der Waals surface area contributed by atoms with Gasteiger partial charge in [-0.05, 0) is 86.1 Å². The number of hydrazine groups is 1. The first kappa shape index (κ1) is 74.0. The zero-order chi connectivity index (χ0) is 63.3. The van der Waals surface area contributed by atoms with E-state index in [4.69, 9.17) is 29.0 Å². The van der Waals surface area contributed by atoms with Gasteiger partial charge in [0, 0.05) is 31.0 Å². The molecule has 0 aliphatic carbocycles. The van der Waals surface area contributed by atoms with E-state index >= 15 is 0 Å². The number of fused-ring (bicyclic) bond motifs is 2. The number of nitrogens with zero attached hydrogens (tertiary/aromatic N) is 9. The van der Waals surface area contributed by atoms with Crippen LogP contribution in [-0.2, 0) is 64.3 Å². The number of ketones is 1. The summed E-state index contributed by atoms with van der Waals surface area (Å²) >= 11 is 9.98. The third-order valence-electron chi connectivity index (χ3n) is 8.76. The summed E-state index contributed by atoms with van der Waals surface area (Å²) in [6.07, 6.45) is -18.8. The Bertz CT molecular complexity index is 3300. The molecule has 22 nitrogen and oxygen atoms in total. The molecule has 0 saturated heterocycles. The Morgan fingerprint density at radius 1 is 0.560 bits per heavy atom. The third-order valence-corrected chi connectivity index (χ3v) is 9.14. The molecule has 0 saturated carbocycles. The van der Waals surface area contributed by atoms with Gasteiger partial charge in [0.15, 0.2) is 17.1 Å². The number of esters is 3. The van der Waals surface area contributed by atoms with E-state index in [2.05, 4.69) is 60.3 Å². The molecule has 0 radical (unpaired) electrons. The summed E-state index contributed by atoms with van der Waals surface area (Å²) < 4.78 is 197. The van der Waals surface area contributed by atoms with Crippen molar-refractivity contribution in [3.63, 3.8) is 0 Å². The summed E-state index contributed by atoms with van der Waals surface area (Å²) in [6, 6.07) is 9.76. The molecule has 0 bridgehead atoms. The van der Waals surface area contributed by atoms with Gasteiger partial charge in [0.2, 0.25) is 5.82 Å². The van der Waals surface area contributed by atoms with Crippen molar-refractivity contribution < 1.29 is 143 Å². The number of aromatic nitrogens is 9. The number of carboxylic acid groups (broad SMARTS) is 1. The number of ether oxygens (including phenoxy) is 3. The van der Waals surface area contributed by atoms with Crippen LogP contribution in [0.5, 0.6) is 0 Å². The van der Waals surface area contributed by atoms with Crippen molar-refractivity contribution in [2.75, 3.05) is 37.6 Å². The molecule has 7 aromatic heterocycles. The van der Waals surface area contributed by atoms with Gasteiger partial charge in [-0.25, -0.2) is 35.2 Å². The van der Waals surface area contributed by atoms with Crippen LogP contribution in [0.25, 0.3) is 11.3 Å². The van der Waals surface area contributed by atoms with Gasteiger partial charge >= 0.3 is 83.6 Å². The molecule has 0 aromatic carbocycles. The molecule has 0 aliphatic rings. The molecule has 0 atom stereocenters. The van der Waals surface area contributed by atoms with Gasteiger partial charge in [0.05, 0.1) is 54.7 Å². The van der Waals surface area contributed by atoms with Crippen LogP contribution in [0.1, 0.15) is 62.9 Å². The largest absolute Gasteiger partial charge is 1.00 e. The Morgan fingerprint density at radius 2 is 0.940 bits per heavy atom. The Labute approximate surface area is 491 Å². The third kappa shape index (κ3) is 24.4. The van der Waals surface area contributed by atoms with Gasteiger partial charge in [0.25, 0.3) is 5.78 Å². The summed E-state index contributed by atoms with van der Waals surface area (Å²) in [6.45, 7) is 3.01. The molecule has 0 amide bonds. The summed E-state index contributed by atoms with van der Waals surface area (Å²) in [4.78, 5) is 73.9. The average molecular weight is 1270 g/mol. The molecule has 84 heavy (non-hydrogen) atoms. The number of methoxy groups -OCH3 is 1. The predicted molar refractivity (Wildman–Crippen MR) is 250 cm³/mol. The zero-order valence-corrected chi connectivity index (χ0v) is 45.9. The molecular formula is C44H34Cl2F15N12NaO10. The number of nitrogen functional groups attached to an aromatic ring is 1. The van der Waals surface area contributed by atoms with E-state index in [0.717, 1.165) is 89.0 Å². The number of carboxylic acids is 1. The zero-order valence-electron chi connectivity index (χ0n) is 42.4. The maximum Gasteiger partial charge on any atom is 1.00 e. The Hall–Kier alpha value is -8.00. The molecule has 7 heterocycles. The molecule has 4 N–H and O–H groups in total. The minimum Gasteiger partial charge on any atom is -0.541 e. The van der Waals surface area contributed by atoms with Gasteiger partial charge in [-0.2, -0.15) is 65.9 Å². The number of rotatable bonds is 10. The minimum atomic E-state index is -4.55. The smallest absolute Gasteiger partial charge is 0.541 e. The maximum absolute atomic E-state index is 12.5. The van der Waals surface area contributed by atoms with Crippen LogP contribution in [0, 0.1) is 0 Å². The van der Waals surface area contributed by atoms with Crippen molar-refractivity contribution in [2.45, 2.75) is 44.7 Å². The quantitative estimate of drug-likeness (QED) is 0.0192. The summed E-state index contributed by atoms with van der Waals surface area (Å²) in [5.41, 5.74) is -2.08. The molecule has 7 rings (SSSR count). The predicted octanol–water partition coefficient (Wildman–Crippen LogP) is 4.75. The van der Waals surface area contributed by atoms with E-state index < -0.39 is 106 Å². The number of carbonyl (C=O) groups is 6.